The van der Waals surface area contributed by atoms with Gasteiger partial charge < -0.3 is 15.7 Å². The highest BCUT2D eigenvalue weighted by Crippen LogP contribution is 2.05. The maximum Gasteiger partial charge on any atom is 0.326 e. The molecule has 0 aromatic heterocycles. The molecule has 0 aliphatic heterocycles. The highest BCUT2D eigenvalue weighted by Gasteiger charge is 2.20. The maximum atomic E-state index is 11.5. The highest BCUT2D eigenvalue weighted by molar-refractivity contribution is 7.99. The molecule has 2 amide bonds. The van der Waals surface area contributed by atoms with Crippen molar-refractivity contribution in [2.45, 2.75) is 38.5 Å². The molecular weight excluding hydrogens is 240 g/mol. The summed E-state index contributed by atoms with van der Waals surface area (Å²) in [5, 5.41) is 14.4. The van der Waals surface area contributed by atoms with Crippen molar-refractivity contribution >= 4 is 23.8 Å². The third kappa shape index (κ3) is 7.90. The lowest BCUT2D eigenvalue weighted by Gasteiger charge is -2.17. The Labute approximate surface area is 107 Å². The summed E-state index contributed by atoms with van der Waals surface area (Å²) in [5.74, 6) is -0.770. The standard InChI is InChI=1S/C11H22N2O3S/c1-7(2)5-9(10(14)15)13-11(16)12-6-8(3)17-4/h7-9H,5-6H2,1-4H3,(H,14,15)(H2,12,13,16)/t8?,9-/m0/s1. The molecule has 100 valence electrons. The van der Waals surface area contributed by atoms with E-state index in [-0.39, 0.29) is 5.92 Å². The average molecular weight is 262 g/mol. The molecule has 2 atom stereocenters. The zero-order valence-electron chi connectivity index (χ0n) is 10.8. The number of amides is 2. The molecule has 0 saturated carbocycles. The third-order valence-electron chi connectivity index (χ3n) is 2.26. The first-order chi connectivity index (χ1) is 7.86. The molecule has 0 aliphatic rings. The summed E-state index contributed by atoms with van der Waals surface area (Å²) in [6.07, 6.45) is 2.39. The minimum Gasteiger partial charge on any atom is -0.480 e. The summed E-state index contributed by atoms with van der Waals surface area (Å²) in [7, 11) is 0. The van der Waals surface area contributed by atoms with Crippen LogP contribution in [0.3, 0.4) is 0 Å². The van der Waals surface area contributed by atoms with Crippen LogP contribution in [0.4, 0.5) is 4.79 Å². The first-order valence-electron chi connectivity index (χ1n) is 5.66. The van der Waals surface area contributed by atoms with Gasteiger partial charge >= 0.3 is 12.0 Å². The molecule has 5 nitrogen and oxygen atoms in total. The molecule has 0 bridgehead atoms. The Hall–Kier alpha value is -0.910. The lowest BCUT2D eigenvalue weighted by Crippen LogP contribution is -2.47. The number of urea groups is 1. The Bertz CT molecular complexity index is 259. The zero-order chi connectivity index (χ0) is 13.4. The number of nitrogens with one attached hydrogen (secondary N) is 2. The SMILES string of the molecule is CSC(C)CNC(=O)N[C@@H](CC(C)C)C(=O)O. The summed E-state index contributed by atoms with van der Waals surface area (Å²) in [6.45, 7) is 6.37. The monoisotopic (exact) mass is 262 g/mol. The van der Waals surface area contributed by atoms with Gasteiger partial charge in [0.15, 0.2) is 0 Å². The molecule has 0 spiro atoms. The summed E-state index contributed by atoms with van der Waals surface area (Å²) in [5.41, 5.74) is 0. The maximum absolute atomic E-state index is 11.5. The van der Waals surface area contributed by atoms with Gasteiger partial charge in [0.1, 0.15) is 6.04 Å². The number of hydrogen-bond acceptors (Lipinski definition) is 3. The quantitative estimate of drug-likeness (QED) is 0.650. The first kappa shape index (κ1) is 16.1. The van der Waals surface area contributed by atoms with Gasteiger partial charge in [-0.15, -0.1) is 0 Å². The second kappa shape index (κ2) is 8.22. The van der Waals surface area contributed by atoms with Crippen molar-refractivity contribution in [2.24, 2.45) is 5.92 Å². The van der Waals surface area contributed by atoms with E-state index in [1.54, 1.807) is 11.8 Å². The van der Waals surface area contributed by atoms with Crippen LogP contribution >= 0.6 is 11.8 Å². The van der Waals surface area contributed by atoms with E-state index in [9.17, 15) is 9.59 Å². The van der Waals surface area contributed by atoms with Crippen LogP contribution in [0.1, 0.15) is 27.2 Å². The smallest absolute Gasteiger partial charge is 0.326 e. The number of carboxylic acid groups (broad SMARTS) is 1. The van der Waals surface area contributed by atoms with Gasteiger partial charge in [-0.05, 0) is 18.6 Å². The molecule has 17 heavy (non-hydrogen) atoms. The Morgan fingerprint density at radius 2 is 1.88 bits per heavy atom. The van der Waals surface area contributed by atoms with Gasteiger partial charge in [0.2, 0.25) is 0 Å². The van der Waals surface area contributed by atoms with Gasteiger partial charge in [-0.25, -0.2) is 9.59 Å². The topological polar surface area (TPSA) is 78.4 Å². The van der Waals surface area contributed by atoms with Crippen molar-refractivity contribution in [3.63, 3.8) is 0 Å². The highest BCUT2D eigenvalue weighted by atomic mass is 32.2. The summed E-state index contributed by atoms with van der Waals surface area (Å²) < 4.78 is 0. The second-order valence-corrected chi connectivity index (χ2v) is 5.70. The van der Waals surface area contributed by atoms with E-state index in [0.717, 1.165) is 0 Å². The van der Waals surface area contributed by atoms with Crippen LogP contribution in [-0.4, -0.2) is 41.2 Å². The molecule has 3 N–H and O–H groups in total. The average Bonchev–Trinajstić information content (AvgIpc) is 2.24. The van der Waals surface area contributed by atoms with E-state index >= 15 is 0 Å². The van der Waals surface area contributed by atoms with Gasteiger partial charge in [0, 0.05) is 11.8 Å². The number of hydrogen-bond donors (Lipinski definition) is 3. The molecule has 6 heteroatoms. The largest absolute Gasteiger partial charge is 0.480 e. The van der Waals surface area contributed by atoms with E-state index in [4.69, 9.17) is 5.11 Å². The predicted molar refractivity (Wildman–Crippen MR) is 70.4 cm³/mol. The van der Waals surface area contributed by atoms with Crippen molar-refractivity contribution < 1.29 is 14.7 Å². The third-order valence-corrected chi connectivity index (χ3v) is 3.23. The number of aliphatic carboxylic acids is 1. The lowest BCUT2D eigenvalue weighted by atomic mass is 10.0. The van der Waals surface area contributed by atoms with E-state index in [1.807, 2.05) is 27.0 Å². The molecule has 0 aliphatic carbocycles. The minimum absolute atomic E-state index is 0.224. The summed E-state index contributed by atoms with van der Waals surface area (Å²) in [6, 6.07) is -1.24. The Morgan fingerprint density at radius 1 is 1.29 bits per heavy atom. The zero-order valence-corrected chi connectivity index (χ0v) is 11.6. The van der Waals surface area contributed by atoms with Crippen molar-refractivity contribution in [1.29, 1.82) is 0 Å². The van der Waals surface area contributed by atoms with Gasteiger partial charge in [0.05, 0.1) is 0 Å². The number of carboxylic acids is 1. The summed E-state index contributed by atoms with van der Waals surface area (Å²) in [4.78, 5) is 22.4. The molecular formula is C11H22N2O3S. The fraction of sp³-hybridized carbons (Fsp3) is 0.818. The van der Waals surface area contributed by atoms with E-state index in [2.05, 4.69) is 10.6 Å². The Kier molecular flexibility index (Phi) is 7.78. The molecule has 0 aromatic carbocycles. The molecule has 0 radical (unpaired) electrons. The normalized spacial score (nSPS) is 14.2. The molecule has 0 aromatic rings. The molecule has 0 heterocycles. The molecule has 0 fully saturated rings. The second-order valence-electron chi connectivity index (χ2n) is 4.42. The number of rotatable bonds is 7. The van der Waals surface area contributed by atoms with Crippen molar-refractivity contribution in [1.82, 2.24) is 10.6 Å². The lowest BCUT2D eigenvalue weighted by molar-refractivity contribution is -0.139. The first-order valence-corrected chi connectivity index (χ1v) is 6.95. The van der Waals surface area contributed by atoms with Crippen LogP contribution in [0.15, 0.2) is 0 Å². The van der Waals surface area contributed by atoms with E-state index < -0.39 is 18.0 Å². The number of thioether (sulfide) groups is 1. The van der Waals surface area contributed by atoms with Gasteiger partial charge in [-0.3, -0.25) is 0 Å². The molecule has 1 unspecified atom stereocenters. The van der Waals surface area contributed by atoms with Crippen molar-refractivity contribution in [3.05, 3.63) is 0 Å². The number of carbonyl (C=O) groups is 2. The fourth-order valence-electron chi connectivity index (χ4n) is 1.22. The predicted octanol–water partition coefficient (Wildman–Crippen LogP) is 1.54. The molecule has 0 saturated heterocycles. The molecule has 0 rings (SSSR count). The van der Waals surface area contributed by atoms with Crippen LogP contribution < -0.4 is 10.6 Å². The van der Waals surface area contributed by atoms with Gasteiger partial charge in [-0.2, -0.15) is 11.8 Å². The van der Waals surface area contributed by atoms with E-state index in [0.29, 0.717) is 18.2 Å². The fourth-order valence-corrected chi connectivity index (χ4v) is 1.47. The van der Waals surface area contributed by atoms with Crippen LogP contribution in [0.5, 0.6) is 0 Å². The Balaban J connectivity index is 4.08. The van der Waals surface area contributed by atoms with Crippen molar-refractivity contribution in [2.75, 3.05) is 12.8 Å². The number of carbonyl (C=O) groups excluding carboxylic acids is 1. The van der Waals surface area contributed by atoms with Gasteiger partial charge in [-0.1, -0.05) is 20.8 Å². The van der Waals surface area contributed by atoms with Crippen molar-refractivity contribution in [3.8, 4) is 0 Å². The van der Waals surface area contributed by atoms with Crippen LogP contribution in [-0.2, 0) is 4.79 Å². The van der Waals surface area contributed by atoms with Crippen LogP contribution in [0.25, 0.3) is 0 Å². The van der Waals surface area contributed by atoms with Crippen LogP contribution in [0, 0.1) is 5.92 Å². The summed E-state index contributed by atoms with van der Waals surface area (Å²) >= 11 is 1.64. The Morgan fingerprint density at radius 3 is 2.29 bits per heavy atom. The minimum atomic E-state index is -0.994. The van der Waals surface area contributed by atoms with E-state index in [1.165, 1.54) is 0 Å². The van der Waals surface area contributed by atoms with Gasteiger partial charge in [0.25, 0.3) is 0 Å². The van der Waals surface area contributed by atoms with Crippen LogP contribution in [0.2, 0.25) is 0 Å².